The summed E-state index contributed by atoms with van der Waals surface area (Å²) in [5.41, 5.74) is 0.879. The van der Waals surface area contributed by atoms with Crippen molar-refractivity contribution in [1.82, 2.24) is 9.88 Å². The fraction of sp³-hybridized carbons (Fsp3) is 0.583. The molecule has 1 aromatic heterocycles. The van der Waals surface area contributed by atoms with Crippen molar-refractivity contribution in [3.05, 3.63) is 11.1 Å². The molecule has 0 bridgehead atoms. The monoisotopic (exact) mass is 283 g/mol. The summed E-state index contributed by atoms with van der Waals surface area (Å²) in [4.78, 5) is 29.6. The average molecular weight is 283 g/mol. The van der Waals surface area contributed by atoms with Crippen molar-refractivity contribution >= 4 is 28.3 Å². The molecule has 1 N–H and O–H groups in total. The summed E-state index contributed by atoms with van der Waals surface area (Å²) in [7, 11) is 1.59. The van der Waals surface area contributed by atoms with Crippen molar-refractivity contribution in [2.24, 2.45) is 5.92 Å². The number of aryl methyl sites for hydroxylation is 1. The van der Waals surface area contributed by atoms with Crippen LogP contribution < -0.4 is 5.32 Å². The number of methoxy groups -OCH3 is 1. The van der Waals surface area contributed by atoms with Crippen molar-refractivity contribution in [1.29, 1.82) is 0 Å². The van der Waals surface area contributed by atoms with Crippen LogP contribution in [0.3, 0.4) is 0 Å². The predicted octanol–water partition coefficient (Wildman–Crippen LogP) is 0.885. The lowest BCUT2D eigenvalue weighted by Crippen LogP contribution is -2.30. The average Bonchev–Trinajstić information content (AvgIpc) is 2.93. The van der Waals surface area contributed by atoms with Gasteiger partial charge in [0.25, 0.3) is 0 Å². The first-order valence-corrected chi connectivity index (χ1v) is 6.98. The van der Waals surface area contributed by atoms with Gasteiger partial charge in [-0.1, -0.05) is 0 Å². The Hall–Kier alpha value is -1.47. The molecule has 1 saturated heterocycles. The summed E-state index contributed by atoms with van der Waals surface area (Å²) in [5, 5.41) is 5.22. The van der Waals surface area contributed by atoms with Gasteiger partial charge in [-0.15, -0.1) is 11.3 Å². The van der Waals surface area contributed by atoms with E-state index in [1.54, 1.807) is 12.0 Å². The second-order valence-electron chi connectivity index (χ2n) is 4.52. The molecule has 7 heteroatoms. The minimum absolute atomic E-state index is 0.00696. The standard InChI is InChI=1S/C12H17N3O3S/c1-8-7-19-12(13-8)14-11(17)9-5-10(16)15(6-9)3-4-18-2/h7,9H,3-6H2,1-2H3,(H,13,14,17)/t9-/m0/s1. The Morgan fingerprint density at radius 1 is 1.68 bits per heavy atom. The third-order valence-corrected chi connectivity index (χ3v) is 3.88. The lowest BCUT2D eigenvalue weighted by Gasteiger charge is -2.15. The molecule has 1 fully saturated rings. The molecule has 2 rings (SSSR count). The van der Waals surface area contributed by atoms with E-state index in [0.717, 1.165) is 5.69 Å². The van der Waals surface area contributed by atoms with Crippen molar-refractivity contribution in [2.75, 3.05) is 32.1 Å². The number of nitrogens with one attached hydrogen (secondary N) is 1. The molecule has 0 aliphatic carbocycles. The highest BCUT2D eigenvalue weighted by atomic mass is 32.1. The number of carbonyl (C=O) groups excluding carboxylic acids is 2. The van der Waals surface area contributed by atoms with E-state index in [2.05, 4.69) is 10.3 Å². The van der Waals surface area contributed by atoms with Crippen LogP contribution in [0.5, 0.6) is 0 Å². The molecule has 1 aliphatic heterocycles. The number of rotatable bonds is 5. The van der Waals surface area contributed by atoms with Crippen molar-refractivity contribution in [3.63, 3.8) is 0 Å². The molecule has 0 spiro atoms. The molecule has 0 radical (unpaired) electrons. The molecule has 0 unspecified atom stereocenters. The first-order chi connectivity index (χ1) is 9.10. The second-order valence-corrected chi connectivity index (χ2v) is 5.37. The summed E-state index contributed by atoms with van der Waals surface area (Å²) >= 11 is 1.39. The molecule has 6 nitrogen and oxygen atoms in total. The SMILES string of the molecule is COCCN1C[C@@H](C(=O)Nc2nc(C)cs2)CC1=O. The van der Waals surface area contributed by atoms with Crippen molar-refractivity contribution < 1.29 is 14.3 Å². The number of hydrogen-bond donors (Lipinski definition) is 1. The summed E-state index contributed by atoms with van der Waals surface area (Å²) in [6.07, 6.45) is 0.264. The lowest BCUT2D eigenvalue weighted by molar-refractivity contribution is -0.128. The minimum Gasteiger partial charge on any atom is -0.383 e. The maximum Gasteiger partial charge on any atom is 0.231 e. The van der Waals surface area contributed by atoms with E-state index in [0.29, 0.717) is 24.8 Å². The zero-order valence-corrected chi connectivity index (χ0v) is 11.8. The van der Waals surface area contributed by atoms with Gasteiger partial charge in [0.05, 0.1) is 18.2 Å². The normalized spacial score (nSPS) is 18.9. The van der Waals surface area contributed by atoms with E-state index in [1.165, 1.54) is 11.3 Å². The minimum atomic E-state index is -0.298. The Kier molecular flexibility index (Phi) is 4.49. The quantitative estimate of drug-likeness (QED) is 0.871. The number of nitrogens with zero attached hydrogens (tertiary/aromatic N) is 2. The maximum absolute atomic E-state index is 12.0. The van der Waals surface area contributed by atoms with Gasteiger partial charge in [0.1, 0.15) is 0 Å². The summed E-state index contributed by atoms with van der Waals surface area (Å²) in [5.74, 6) is -0.427. The predicted molar refractivity (Wildman–Crippen MR) is 72.0 cm³/mol. The highest BCUT2D eigenvalue weighted by Gasteiger charge is 2.34. The van der Waals surface area contributed by atoms with Gasteiger partial charge in [0, 0.05) is 32.0 Å². The highest BCUT2D eigenvalue weighted by Crippen LogP contribution is 2.21. The molecule has 2 amide bonds. The van der Waals surface area contributed by atoms with Gasteiger partial charge >= 0.3 is 0 Å². The molecule has 0 aromatic carbocycles. The fourth-order valence-corrected chi connectivity index (χ4v) is 2.68. The number of amides is 2. The molecule has 1 aliphatic rings. The van der Waals surface area contributed by atoms with E-state index in [-0.39, 0.29) is 24.2 Å². The third kappa shape index (κ3) is 3.51. The van der Waals surface area contributed by atoms with Gasteiger partial charge in [0.15, 0.2) is 5.13 Å². The van der Waals surface area contributed by atoms with Crippen LogP contribution in [-0.2, 0) is 14.3 Å². The van der Waals surface area contributed by atoms with Crippen LogP contribution in [0.1, 0.15) is 12.1 Å². The number of thiazole rings is 1. The Balaban J connectivity index is 1.89. The molecule has 1 aromatic rings. The molecule has 19 heavy (non-hydrogen) atoms. The van der Waals surface area contributed by atoms with E-state index in [9.17, 15) is 9.59 Å². The molecule has 0 saturated carbocycles. The van der Waals surface area contributed by atoms with Crippen LogP contribution in [0.15, 0.2) is 5.38 Å². The fourth-order valence-electron chi connectivity index (χ4n) is 1.98. The topological polar surface area (TPSA) is 71.5 Å². The van der Waals surface area contributed by atoms with Gasteiger partial charge in [-0.05, 0) is 6.92 Å². The smallest absolute Gasteiger partial charge is 0.231 e. The van der Waals surface area contributed by atoms with Crippen LogP contribution in [0, 0.1) is 12.8 Å². The number of carbonyl (C=O) groups is 2. The number of aromatic nitrogens is 1. The Labute approximate surface area is 115 Å². The van der Waals surface area contributed by atoms with Crippen LogP contribution in [-0.4, -0.2) is 48.5 Å². The van der Waals surface area contributed by atoms with E-state index in [1.807, 2.05) is 12.3 Å². The van der Waals surface area contributed by atoms with Crippen molar-refractivity contribution in [3.8, 4) is 0 Å². The maximum atomic E-state index is 12.0. The number of likely N-dealkylation sites (tertiary alicyclic amines) is 1. The third-order valence-electron chi connectivity index (χ3n) is 3.00. The number of hydrogen-bond acceptors (Lipinski definition) is 5. The van der Waals surface area contributed by atoms with Crippen LogP contribution >= 0.6 is 11.3 Å². The van der Waals surface area contributed by atoms with Gasteiger partial charge in [-0.2, -0.15) is 0 Å². The molecule has 104 valence electrons. The van der Waals surface area contributed by atoms with Gasteiger partial charge in [-0.25, -0.2) is 4.98 Å². The summed E-state index contributed by atoms with van der Waals surface area (Å²) in [6.45, 7) is 3.36. The van der Waals surface area contributed by atoms with Gasteiger partial charge < -0.3 is 15.0 Å². The molecule has 2 heterocycles. The molecular formula is C12H17N3O3S. The lowest BCUT2D eigenvalue weighted by atomic mass is 10.1. The van der Waals surface area contributed by atoms with E-state index < -0.39 is 0 Å². The van der Waals surface area contributed by atoms with Crippen LogP contribution in [0.4, 0.5) is 5.13 Å². The van der Waals surface area contributed by atoms with E-state index >= 15 is 0 Å². The Morgan fingerprint density at radius 3 is 3.11 bits per heavy atom. The Bertz CT molecular complexity index is 475. The number of anilines is 1. The largest absolute Gasteiger partial charge is 0.383 e. The molecule has 1 atom stereocenters. The first-order valence-electron chi connectivity index (χ1n) is 6.10. The van der Waals surface area contributed by atoms with Crippen LogP contribution in [0.25, 0.3) is 0 Å². The zero-order valence-electron chi connectivity index (χ0n) is 11.0. The Morgan fingerprint density at radius 2 is 2.47 bits per heavy atom. The van der Waals surface area contributed by atoms with E-state index in [4.69, 9.17) is 4.74 Å². The highest BCUT2D eigenvalue weighted by molar-refractivity contribution is 7.13. The zero-order chi connectivity index (χ0) is 13.8. The summed E-state index contributed by atoms with van der Waals surface area (Å²) in [6, 6.07) is 0. The van der Waals surface area contributed by atoms with Gasteiger partial charge in [-0.3, -0.25) is 9.59 Å². The number of ether oxygens (including phenoxy) is 1. The van der Waals surface area contributed by atoms with Crippen molar-refractivity contribution in [2.45, 2.75) is 13.3 Å². The molecular weight excluding hydrogens is 266 g/mol. The first kappa shape index (κ1) is 14.0. The second kappa shape index (κ2) is 6.12. The van der Waals surface area contributed by atoms with Gasteiger partial charge in [0.2, 0.25) is 11.8 Å². The van der Waals surface area contributed by atoms with Crippen LogP contribution in [0.2, 0.25) is 0 Å². The summed E-state index contributed by atoms with van der Waals surface area (Å²) < 4.78 is 4.94.